The van der Waals surface area contributed by atoms with Crippen molar-refractivity contribution >= 4 is 18.6 Å². The second-order valence-electron chi connectivity index (χ2n) is 2.53. The van der Waals surface area contributed by atoms with Gasteiger partial charge in [-0.2, -0.15) is 0 Å². The van der Waals surface area contributed by atoms with Gasteiger partial charge in [0.05, 0.1) is 12.7 Å². The van der Waals surface area contributed by atoms with Gasteiger partial charge >= 0.3 is 5.97 Å². The lowest BCUT2D eigenvalue weighted by Gasteiger charge is -1.99. The molecule has 4 heteroatoms. The number of aliphatic carboxylic acids is 1. The van der Waals surface area contributed by atoms with Gasteiger partial charge in [0.2, 0.25) is 0 Å². The summed E-state index contributed by atoms with van der Waals surface area (Å²) in [6.45, 7) is 2.35. The predicted octanol–water partition coefficient (Wildman–Crippen LogP) is 1.06. The molecule has 1 unspecified atom stereocenters. The molecule has 11 heavy (non-hydrogen) atoms. The Kier molecular flexibility index (Phi) is 2.57. The molecule has 0 aliphatic carbocycles. The first kappa shape index (κ1) is 8.62. The first-order valence-electron chi connectivity index (χ1n) is 3.35. The number of ether oxygens (including phenoxy) is 1. The van der Waals surface area contributed by atoms with Crippen LogP contribution < -0.4 is 0 Å². The Morgan fingerprint density at radius 3 is 2.64 bits per heavy atom. The minimum Gasteiger partial charge on any atom is -0.478 e. The van der Waals surface area contributed by atoms with E-state index in [1.807, 2.05) is 0 Å². The molecule has 3 nitrogen and oxygen atoms in total. The molecule has 62 valence electrons. The highest BCUT2D eigenvalue weighted by Gasteiger charge is 2.26. The van der Waals surface area contributed by atoms with Crippen LogP contribution in [-0.2, 0) is 9.53 Å². The van der Waals surface area contributed by atoms with Crippen LogP contribution in [0.5, 0.6) is 0 Å². The van der Waals surface area contributed by atoms with E-state index >= 15 is 0 Å². The van der Waals surface area contributed by atoms with Crippen molar-refractivity contribution in [2.75, 3.05) is 6.61 Å². The summed E-state index contributed by atoms with van der Waals surface area (Å²) in [6.07, 6.45) is 0.591. The molecule has 0 aromatic carbocycles. The molecule has 1 rings (SSSR count). The third-order valence-electron chi connectivity index (χ3n) is 1.53. The third kappa shape index (κ3) is 2.55. The minimum atomic E-state index is -0.895. The number of epoxide rings is 1. The second-order valence-corrected chi connectivity index (χ2v) is 3.20. The zero-order valence-corrected chi connectivity index (χ0v) is 7.10. The van der Waals surface area contributed by atoms with Crippen molar-refractivity contribution in [3.63, 3.8) is 0 Å². The molecule has 1 atom stereocenters. The van der Waals surface area contributed by atoms with Crippen LogP contribution in [0.15, 0.2) is 10.5 Å². The number of allylic oxidation sites excluding steroid dienone is 1. The summed E-state index contributed by atoms with van der Waals surface area (Å²) in [5, 5.41) is 8.66. The molecule has 0 amide bonds. The number of thiol groups is 1. The molecule has 0 spiro atoms. The van der Waals surface area contributed by atoms with E-state index < -0.39 is 5.97 Å². The van der Waals surface area contributed by atoms with Crippen molar-refractivity contribution in [3.8, 4) is 0 Å². The first-order chi connectivity index (χ1) is 5.11. The lowest BCUT2D eigenvalue weighted by molar-refractivity contribution is -0.132. The molecule has 0 radical (unpaired) electrons. The summed E-state index contributed by atoms with van der Waals surface area (Å²) >= 11 is 3.98. The summed E-state index contributed by atoms with van der Waals surface area (Å²) < 4.78 is 4.91. The number of carboxylic acids is 1. The molecule has 0 aromatic heterocycles. The van der Waals surface area contributed by atoms with Crippen LogP contribution in [0.4, 0.5) is 0 Å². The van der Waals surface area contributed by atoms with Crippen molar-refractivity contribution in [1.82, 2.24) is 0 Å². The lowest BCUT2D eigenvalue weighted by Crippen LogP contribution is -2.04. The largest absolute Gasteiger partial charge is 0.478 e. The fourth-order valence-corrected chi connectivity index (χ4v) is 0.990. The van der Waals surface area contributed by atoms with E-state index in [1.165, 1.54) is 0 Å². The summed E-state index contributed by atoms with van der Waals surface area (Å²) in [7, 11) is 0. The van der Waals surface area contributed by atoms with Gasteiger partial charge in [-0.3, -0.25) is 0 Å². The van der Waals surface area contributed by atoms with Gasteiger partial charge in [-0.25, -0.2) is 4.79 Å². The maximum absolute atomic E-state index is 10.5. The lowest BCUT2D eigenvalue weighted by atomic mass is 10.1. The molecule has 1 N–H and O–H groups in total. The van der Waals surface area contributed by atoms with Gasteiger partial charge in [0.1, 0.15) is 0 Å². The Balaban J connectivity index is 2.59. The quantitative estimate of drug-likeness (QED) is 0.382. The van der Waals surface area contributed by atoms with Gasteiger partial charge in [0.25, 0.3) is 0 Å². The van der Waals surface area contributed by atoms with E-state index in [4.69, 9.17) is 9.84 Å². The van der Waals surface area contributed by atoms with E-state index in [0.29, 0.717) is 23.5 Å². The molecular weight excluding hydrogens is 164 g/mol. The van der Waals surface area contributed by atoms with Crippen LogP contribution in [0.3, 0.4) is 0 Å². The van der Waals surface area contributed by atoms with E-state index in [1.54, 1.807) is 6.92 Å². The molecule has 1 heterocycles. The smallest absolute Gasteiger partial charge is 0.332 e. The van der Waals surface area contributed by atoms with Crippen molar-refractivity contribution in [2.24, 2.45) is 0 Å². The van der Waals surface area contributed by atoms with Crippen molar-refractivity contribution in [3.05, 3.63) is 10.5 Å². The summed E-state index contributed by atoms with van der Waals surface area (Å²) in [5.74, 6) is -0.895. The number of carbonyl (C=O) groups is 1. The number of carboxylic acid groups (broad SMARTS) is 1. The van der Waals surface area contributed by atoms with Crippen molar-refractivity contribution < 1.29 is 14.6 Å². The standard InChI is InChI=1S/C7H10O3S/c1-4(11)6(7(8)9)2-5-3-10-5/h5,11H,2-3H2,1H3,(H,8,9). The Labute approximate surface area is 70.5 Å². The van der Waals surface area contributed by atoms with Crippen LogP contribution in [0.25, 0.3) is 0 Å². The van der Waals surface area contributed by atoms with Crippen LogP contribution in [0, 0.1) is 0 Å². The third-order valence-corrected chi connectivity index (χ3v) is 1.80. The maximum Gasteiger partial charge on any atom is 0.332 e. The molecule has 1 saturated heterocycles. The van der Waals surface area contributed by atoms with Gasteiger partial charge < -0.3 is 9.84 Å². The van der Waals surface area contributed by atoms with Gasteiger partial charge in [0, 0.05) is 12.0 Å². The molecule has 1 aliphatic rings. The highest BCUT2D eigenvalue weighted by molar-refractivity contribution is 7.84. The second kappa shape index (κ2) is 3.28. The summed E-state index contributed by atoms with van der Waals surface area (Å²) in [5.41, 5.74) is 0.357. The van der Waals surface area contributed by atoms with Crippen LogP contribution >= 0.6 is 12.6 Å². The Bertz CT molecular complexity index is 202. The Hall–Kier alpha value is -0.480. The molecule has 1 aliphatic heterocycles. The molecule has 0 bridgehead atoms. The average molecular weight is 174 g/mol. The summed E-state index contributed by atoms with van der Waals surface area (Å²) in [4.78, 5) is 11.1. The zero-order chi connectivity index (χ0) is 8.43. The van der Waals surface area contributed by atoms with Crippen molar-refractivity contribution in [1.29, 1.82) is 0 Å². The summed E-state index contributed by atoms with van der Waals surface area (Å²) in [6, 6.07) is 0. The normalized spacial score (nSPS) is 24.4. The highest BCUT2D eigenvalue weighted by Crippen LogP contribution is 2.22. The van der Waals surface area contributed by atoms with Crippen LogP contribution in [0.1, 0.15) is 13.3 Å². The predicted molar refractivity (Wildman–Crippen MR) is 43.7 cm³/mol. The number of hydrogen-bond donors (Lipinski definition) is 2. The molecule has 1 fully saturated rings. The minimum absolute atomic E-state index is 0.114. The van der Waals surface area contributed by atoms with Gasteiger partial charge in [-0.1, -0.05) is 0 Å². The van der Waals surface area contributed by atoms with Gasteiger partial charge in [-0.05, 0) is 11.8 Å². The highest BCUT2D eigenvalue weighted by atomic mass is 32.1. The van der Waals surface area contributed by atoms with E-state index in [0.717, 1.165) is 0 Å². The molecular formula is C7H10O3S. The number of hydrogen-bond acceptors (Lipinski definition) is 3. The fourth-order valence-electron chi connectivity index (χ4n) is 0.803. The SMILES string of the molecule is CC(S)=C(CC1CO1)C(=O)O. The van der Waals surface area contributed by atoms with E-state index in [9.17, 15) is 4.79 Å². The first-order valence-corrected chi connectivity index (χ1v) is 3.79. The zero-order valence-electron chi connectivity index (χ0n) is 6.20. The maximum atomic E-state index is 10.5. The van der Waals surface area contributed by atoms with E-state index in [-0.39, 0.29) is 6.10 Å². The Morgan fingerprint density at radius 2 is 2.36 bits per heavy atom. The molecule has 0 saturated carbocycles. The topological polar surface area (TPSA) is 49.8 Å². The Morgan fingerprint density at radius 1 is 1.82 bits per heavy atom. The fraction of sp³-hybridized carbons (Fsp3) is 0.571. The average Bonchev–Trinajstić information content (AvgIpc) is 2.63. The van der Waals surface area contributed by atoms with Crippen LogP contribution in [-0.4, -0.2) is 23.8 Å². The van der Waals surface area contributed by atoms with Gasteiger partial charge in [-0.15, -0.1) is 12.6 Å². The van der Waals surface area contributed by atoms with Crippen LogP contribution in [0.2, 0.25) is 0 Å². The number of rotatable bonds is 3. The monoisotopic (exact) mass is 174 g/mol. The molecule has 0 aromatic rings. The van der Waals surface area contributed by atoms with E-state index in [2.05, 4.69) is 12.6 Å². The van der Waals surface area contributed by atoms with Gasteiger partial charge in [0.15, 0.2) is 0 Å². The van der Waals surface area contributed by atoms with Crippen molar-refractivity contribution in [2.45, 2.75) is 19.4 Å².